The van der Waals surface area contributed by atoms with Gasteiger partial charge < -0.3 is 14.8 Å². The lowest BCUT2D eigenvalue weighted by molar-refractivity contribution is -0.157. The summed E-state index contributed by atoms with van der Waals surface area (Å²) in [5, 5.41) is 4.74. The Morgan fingerprint density at radius 3 is 2.81 bits per heavy atom. The zero-order valence-electron chi connectivity index (χ0n) is 14.6. The number of carbonyl (C=O) groups is 3. The minimum absolute atomic E-state index is 0.0220. The van der Waals surface area contributed by atoms with Crippen LogP contribution in [0.1, 0.15) is 12.8 Å². The van der Waals surface area contributed by atoms with Crippen molar-refractivity contribution >= 4 is 34.3 Å². The van der Waals surface area contributed by atoms with Crippen LogP contribution in [0.15, 0.2) is 42.5 Å². The van der Waals surface area contributed by atoms with E-state index in [4.69, 9.17) is 9.47 Å². The second-order valence-corrected chi connectivity index (χ2v) is 7.60. The fourth-order valence-corrected chi connectivity index (χ4v) is 5.08. The van der Waals surface area contributed by atoms with E-state index in [1.807, 2.05) is 42.5 Å². The molecule has 1 amide bonds. The molecular weight excluding hydrogens is 346 g/mol. The lowest BCUT2D eigenvalue weighted by atomic mass is 9.80. The van der Waals surface area contributed by atoms with Crippen LogP contribution in [-0.2, 0) is 23.9 Å². The summed E-state index contributed by atoms with van der Waals surface area (Å²) in [4.78, 5) is 36.8. The Bertz CT molecular complexity index is 947. The van der Waals surface area contributed by atoms with Gasteiger partial charge in [0.25, 0.3) is 5.91 Å². The topological polar surface area (TPSA) is 81.7 Å². The van der Waals surface area contributed by atoms with Crippen LogP contribution >= 0.6 is 0 Å². The van der Waals surface area contributed by atoms with E-state index in [9.17, 15) is 14.4 Å². The highest BCUT2D eigenvalue weighted by Crippen LogP contribution is 2.57. The second-order valence-electron chi connectivity index (χ2n) is 7.60. The summed E-state index contributed by atoms with van der Waals surface area (Å²) in [6.45, 7) is -0.360. The number of hydrogen-bond acceptors (Lipinski definition) is 5. The van der Waals surface area contributed by atoms with Crippen molar-refractivity contribution in [2.75, 3.05) is 11.9 Å². The molecule has 5 rings (SSSR count). The van der Waals surface area contributed by atoms with Crippen molar-refractivity contribution < 1.29 is 23.9 Å². The van der Waals surface area contributed by atoms with Crippen LogP contribution in [0.4, 0.5) is 5.69 Å². The predicted molar refractivity (Wildman–Crippen MR) is 96.6 cm³/mol. The number of anilines is 1. The molecule has 1 heterocycles. The first kappa shape index (κ1) is 16.3. The summed E-state index contributed by atoms with van der Waals surface area (Å²) in [6, 6.07) is 13.4. The fourth-order valence-electron chi connectivity index (χ4n) is 5.08. The molecule has 2 bridgehead atoms. The summed E-state index contributed by atoms with van der Waals surface area (Å²) in [7, 11) is 0. The molecule has 1 saturated heterocycles. The van der Waals surface area contributed by atoms with Crippen molar-refractivity contribution in [1.82, 2.24) is 0 Å². The van der Waals surface area contributed by atoms with Crippen molar-refractivity contribution in [3.63, 3.8) is 0 Å². The third kappa shape index (κ3) is 2.59. The minimum atomic E-state index is -0.466. The Kier molecular flexibility index (Phi) is 3.67. The van der Waals surface area contributed by atoms with Gasteiger partial charge >= 0.3 is 11.9 Å². The van der Waals surface area contributed by atoms with Gasteiger partial charge in [-0.2, -0.15) is 0 Å². The van der Waals surface area contributed by atoms with E-state index in [2.05, 4.69) is 5.32 Å². The highest BCUT2D eigenvalue weighted by Gasteiger charge is 2.64. The standard InChI is InChI=1S/C21H19NO5/c23-17(22-15-7-3-5-11-4-1-2-6-13(11)15)10-26-20(24)18-12-8-14-16(9-12)27-21(25)19(14)18/h1-7,12,14,16,18-19H,8-10H2,(H,22,23)/t12-,14+,16+,18-,19-/m1/s1. The zero-order chi connectivity index (χ0) is 18.5. The Morgan fingerprint density at radius 2 is 1.93 bits per heavy atom. The van der Waals surface area contributed by atoms with Gasteiger partial charge in [-0.25, -0.2) is 0 Å². The summed E-state index contributed by atoms with van der Waals surface area (Å²) < 4.78 is 10.6. The van der Waals surface area contributed by atoms with Crippen molar-refractivity contribution in [2.45, 2.75) is 18.9 Å². The van der Waals surface area contributed by atoms with Crippen LogP contribution in [0.2, 0.25) is 0 Å². The number of fused-ring (bicyclic) bond motifs is 2. The number of esters is 2. The van der Waals surface area contributed by atoms with Gasteiger partial charge in [0.05, 0.1) is 11.8 Å². The average molecular weight is 365 g/mol. The molecule has 0 spiro atoms. The van der Waals surface area contributed by atoms with Gasteiger partial charge in [0, 0.05) is 17.0 Å². The number of nitrogens with one attached hydrogen (secondary N) is 1. The first-order valence-electron chi connectivity index (χ1n) is 9.26. The molecule has 0 radical (unpaired) electrons. The van der Waals surface area contributed by atoms with Crippen molar-refractivity contribution in [2.24, 2.45) is 23.7 Å². The van der Waals surface area contributed by atoms with Crippen molar-refractivity contribution in [3.8, 4) is 0 Å². The number of carbonyl (C=O) groups excluding carboxylic acids is 3. The van der Waals surface area contributed by atoms with E-state index in [0.29, 0.717) is 5.69 Å². The molecule has 3 aliphatic rings. The van der Waals surface area contributed by atoms with Crippen molar-refractivity contribution in [1.29, 1.82) is 0 Å². The highest BCUT2D eigenvalue weighted by molar-refractivity contribution is 6.02. The van der Waals surface area contributed by atoms with E-state index >= 15 is 0 Å². The SMILES string of the molecule is O=C(COC(=O)[C@@H]1[C@@H]2C[C@@H]3[C@H]1C(=O)O[C@H]3C2)Nc1cccc2ccccc12. The minimum Gasteiger partial charge on any atom is -0.462 e. The summed E-state index contributed by atoms with van der Waals surface area (Å²) in [5.74, 6) is -1.72. The van der Waals surface area contributed by atoms with Gasteiger partial charge in [0.15, 0.2) is 6.61 Å². The molecule has 0 aromatic heterocycles. The maximum atomic E-state index is 12.5. The largest absolute Gasteiger partial charge is 0.462 e. The third-order valence-corrected chi connectivity index (χ3v) is 6.16. The van der Waals surface area contributed by atoms with Crippen LogP contribution in [-0.4, -0.2) is 30.6 Å². The molecule has 0 unspecified atom stereocenters. The Labute approximate surface area is 155 Å². The molecule has 3 fully saturated rings. The molecule has 1 aliphatic heterocycles. The van der Waals surface area contributed by atoms with E-state index in [0.717, 1.165) is 23.6 Å². The highest BCUT2D eigenvalue weighted by atomic mass is 16.6. The molecule has 2 saturated carbocycles. The van der Waals surface area contributed by atoms with Gasteiger partial charge in [0.2, 0.25) is 0 Å². The van der Waals surface area contributed by atoms with E-state index in [1.54, 1.807) is 0 Å². The molecule has 2 aliphatic carbocycles. The van der Waals surface area contributed by atoms with E-state index in [-0.39, 0.29) is 36.4 Å². The maximum absolute atomic E-state index is 12.5. The molecule has 5 atom stereocenters. The summed E-state index contributed by atoms with van der Waals surface area (Å²) in [6.07, 6.45) is 1.55. The van der Waals surface area contributed by atoms with Crippen LogP contribution in [0.25, 0.3) is 10.8 Å². The van der Waals surface area contributed by atoms with Crippen molar-refractivity contribution in [3.05, 3.63) is 42.5 Å². The monoisotopic (exact) mass is 365 g/mol. The average Bonchev–Trinajstić information content (AvgIpc) is 3.29. The third-order valence-electron chi connectivity index (χ3n) is 6.16. The van der Waals surface area contributed by atoms with Crippen LogP contribution in [0, 0.1) is 23.7 Å². The number of ether oxygens (including phenoxy) is 2. The fraction of sp³-hybridized carbons (Fsp3) is 0.381. The van der Waals surface area contributed by atoms with Gasteiger partial charge in [-0.3, -0.25) is 14.4 Å². The molecule has 27 heavy (non-hydrogen) atoms. The number of benzene rings is 2. The lowest BCUT2D eigenvalue weighted by Gasteiger charge is -2.22. The quantitative estimate of drug-likeness (QED) is 0.842. The Hall–Kier alpha value is -2.89. The van der Waals surface area contributed by atoms with Gasteiger partial charge in [0.1, 0.15) is 6.10 Å². The first-order valence-corrected chi connectivity index (χ1v) is 9.26. The zero-order valence-corrected chi connectivity index (χ0v) is 14.6. The molecule has 6 heteroatoms. The summed E-state index contributed by atoms with van der Waals surface area (Å²) >= 11 is 0. The number of hydrogen-bond donors (Lipinski definition) is 1. The smallest absolute Gasteiger partial charge is 0.310 e. The molecule has 138 valence electrons. The lowest BCUT2D eigenvalue weighted by Crippen LogP contribution is -2.34. The van der Waals surface area contributed by atoms with Gasteiger partial charge in [-0.05, 0) is 30.2 Å². The number of amides is 1. The molecular formula is C21H19NO5. The molecule has 2 aromatic carbocycles. The molecule has 6 nitrogen and oxygen atoms in total. The van der Waals surface area contributed by atoms with Crippen LogP contribution < -0.4 is 5.32 Å². The first-order chi connectivity index (χ1) is 13.1. The van der Waals surface area contributed by atoms with Crippen LogP contribution in [0.3, 0.4) is 0 Å². The maximum Gasteiger partial charge on any atom is 0.310 e. The van der Waals surface area contributed by atoms with E-state index in [1.165, 1.54) is 0 Å². The van der Waals surface area contributed by atoms with Gasteiger partial charge in [-0.15, -0.1) is 0 Å². The van der Waals surface area contributed by atoms with Gasteiger partial charge in [-0.1, -0.05) is 36.4 Å². The molecule has 1 N–H and O–H groups in total. The van der Waals surface area contributed by atoms with Crippen LogP contribution in [0.5, 0.6) is 0 Å². The predicted octanol–water partition coefficient (Wildman–Crippen LogP) is 2.52. The second kappa shape index (κ2) is 6.08. The Balaban J connectivity index is 1.23. The summed E-state index contributed by atoms with van der Waals surface area (Å²) in [5.41, 5.74) is 0.677. The van der Waals surface area contributed by atoms with E-state index < -0.39 is 17.8 Å². The molecule has 2 aromatic rings. The number of rotatable bonds is 4. The Morgan fingerprint density at radius 1 is 1.11 bits per heavy atom. The normalized spacial score (nSPS) is 30.4.